The molecule has 1 aliphatic carbocycles. The monoisotopic (exact) mass is 265 g/mol. The van der Waals surface area contributed by atoms with Crippen molar-refractivity contribution in [1.82, 2.24) is 14.9 Å². The van der Waals surface area contributed by atoms with E-state index in [1.807, 2.05) is 0 Å². The summed E-state index contributed by atoms with van der Waals surface area (Å²) < 4.78 is 27.9. The molecular weight excluding hydrogens is 252 g/mol. The molecule has 6 heteroatoms. The van der Waals surface area contributed by atoms with Gasteiger partial charge in [0.15, 0.2) is 11.6 Å². The summed E-state index contributed by atoms with van der Waals surface area (Å²) in [6, 6.07) is 1.86. The van der Waals surface area contributed by atoms with Gasteiger partial charge < -0.3 is 9.88 Å². The molecule has 0 saturated heterocycles. The molecule has 1 atom stereocenters. The molecule has 2 aromatic rings. The zero-order chi connectivity index (χ0) is 13.6. The van der Waals surface area contributed by atoms with Crippen molar-refractivity contribution in [2.75, 3.05) is 0 Å². The van der Waals surface area contributed by atoms with E-state index in [9.17, 15) is 13.6 Å². The van der Waals surface area contributed by atoms with Crippen molar-refractivity contribution in [1.29, 1.82) is 0 Å². The summed E-state index contributed by atoms with van der Waals surface area (Å²) in [6.07, 6.45) is 3.44. The number of carbonyl (C=O) groups is 1. The van der Waals surface area contributed by atoms with E-state index in [-0.39, 0.29) is 11.9 Å². The zero-order valence-corrected chi connectivity index (χ0v) is 10.4. The summed E-state index contributed by atoms with van der Waals surface area (Å²) in [6.45, 7) is 1.71. The second kappa shape index (κ2) is 4.29. The highest BCUT2D eigenvalue weighted by atomic mass is 19.2. The van der Waals surface area contributed by atoms with Crippen LogP contribution in [0.25, 0.3) is 11.0 Å². The molecule has 1 heterocycles. The highest BCUT2D eigenvalue weighted by Crippen LogP contribution is 2.23. The van der Waals surface area contributed by atoms with Crippen LogP contribution in [0.3, 0.4) is 0 Å². The van der Waals surface area contributed by atoms with Crippen molar-refractivity contribution in [3.05, 3.63) is 30.1 Å². The first-order valence-electron chi connectivity index (χ1n) is 6.18. The highest BCUT2D eigenvalue weighted by Gasteiger charge is 2.26. The van der Waals surface area contributed by atoms with Crippen molar-refractivity contribution >= 4 is 16.9 Å². The lowest BCUT2D eigenvalue weighted by atomic mass is 10.2. The standard InChI is InChI=1S/C13H13F2N3O/c1-7(13(19)17-8-2-3-8)18-6-16-11-4-9(14)10(15)5-12(11)18/h4-8H,2-3H2,1H3,(H,17,19). The van der Waals surface area contributed by atoms with E-state index in [0.29, 0.717) is 11.0 Å². The molecular formula is C13H13F2N3O. The molecule has 3 rings (SSSR count). The lowest BCUT2D eigenvalue weighted by Gasteiger charge is -2.14. The molecule has 1 aliphatic rings. The van der Waals surface area contributed by atoms with Crippen LogP contribution in [0, 0.1) is 11.6 Å². The molecule has 1 aromatic heterocycles. The number of nitrogens with one attached hydrogen (secondary N) is 1. The van der Waals surface area contributed by atoms with Gasteiger partial charge in [0.05, 0.1) is 17.4 Å². The molecule has 1 aromatic carbocycles. The van der Waals surface area contributed by atoms with Crippen LogP contribution in [-0.4, -0.2) is 21.5 Å². The van der Waals surface area contributed by atoms with Gasteiger partial charge in [-0.25, -0.2) is 13.8 Å². The maximum atomic E-state index is 13.3. The zero-order valence-electron chi connectivity index (χ0n) is 10.4. The van der Waals surface area contributed by atoms with Crippen LogP contribution >= 0.6 is 0 Å². The van der Waals surface area contributed by atoms with E-state index >= 15 is 0 Å². The molecule has 4 nitrogen and oxygen atoms in total. The third-order valence-corrected chi connectivity index (χ3v) is 3.34. The second-order valence-electron chi connectivity index (χ2n) is 4.87. The number of benzene rings is 1. The lowest BCUT2D eigenvalue weighted by molar-refractivity contribution is -0.123. The van der Waals surface area contributed by atoms with Crippen LogP contribution in [0.2, 0.25) is 0 Å². The molecule has 1 amide bonds. The van der Waals surface area contributed by atoms with Crippen molar-refractivity contribution in [3.63, 3.8) is 0 Å². The molecule has 100 valence electrons. The fraction of sp³-hybridized carbons (Fsp3) is 0.385. The first-order valence-corrected chi connectivity index (χ1v) is 6.18. The van der Waals surface area contributed by atoms with Crippen molar-refractivity contribution in [2.24, 2.45) is 0 Å². The smallest absolute Gasteiger partial charge is 0.243 e. The van der Waals surface area contributed by atoms with Gasteiger partial charge in [0.2, 0.25) is 5.91 Å². The molecule has 19 heavy (non-hydrogen) atoms. The SMILES string of the molecule is CC(C(=O)NC1CC1)n1cnc2cc(F)c(F)cc21. The number of fused-ring (bicyclic) bond motifs is 1. The summed E-state index contributed by atoms with van der Waals surface area (Å²) in [5, 5.41) is 2.88. The number of imidazole rings is 1. The number of carbonyl (C=O) groups excluding carboxylic acids is 1. The Morgan fingerprint density at radius 2 is 2.11 bits per heavy atom. The van der Waals surface area contributed by atoms with Crippen LogP contribution in [0.1, 0.15) is 25.8 Å². The maximum Gasteiger partial charge on any atom is 0.243 e. The largest absolute Gasteiger partial charge is 0.352 e. The van der Waals surface area contributed by atoms with Gasteiger partial charge >= 0.3 is 0 Å². The molecule has 1 saturated carbocycles. The highest BCUT2D eigenvalue weighted by molar-refractivity contribution is 5.84. The van der Waals surface area contributed by atoms with Gasteiger partial charge in [0.25, 0.3) is 0 Å². The number of hydrogen-bond acceptors (Lipinski definition) is 2. The normalized spacial score (nSPS) is 16.6. The predicted molar refractivity (Wildman–Crippen MR) is 65.5 cm³/mol. The van der Waals surface area contributed by atoms with Gasteiger partial charge in [-0.15, -0.1) is 0 Å². The Morgan fingerprint density at radius 3 is 2.79 bits per heavy atom. The minimum atomic E-state index is -0.941. The van der Waals surface area contributed by atoms with Crippen LogP contribution in [0.4, 0.5) is 8.78 Å². The van der Waals surface area contributed by atoms with Gasteiger partial charge in [0, 0.05) is 18.2 Å². The molecule has 0 bridgehead atoms. The fourth-order valence-corrected chi connectivity index (χ4v) is 2.01. The molecule has 1 N–H and O–H groups in total. The second-order valence-corrected chi connectivity index (χ2v) is 4.87. The van der Waals surface area contributed by atoms with E-state index in [2.05, 4.69) is 10.3 Å². The Kier molecular flexibility index (Phi) is 2.73. The Morgan fingerprint density at radius 1 is 1.42 bits per heavy atom. The van der Waals surface area contributed by atoms with Crippen LogP contribution < -0.4 is 5.32 Å². The van der Waals surface area contributed by atoms with Gasteiger partial charge in [-0.2, -0.15) is 0 Å². The molecule has 1 fully saturated rings. The van der Waals surface area contributed by atoms with Crippen molar-refractivity contribution in [3.8, 4) is 0 Å². The van der Waals surface area contributed by atoms with Gasteiger partial charge in [-0.1, -0.05) is 0 Å². The van der Waals surface area contributed by atoms with Crippen molar-refractivity contribution < 1.29 is 13.6 Å². The van der Waals surface area contributed by atoms with E-state index in [0.717, 1.165) is 25.0 Å². The van der Waals surface area contributed by atoms with Gasteiger partial charge in [-0.05, 0) is 19.8 Å². The number of amides is 1. The molecule has 0 radical (unpaired) electrons. The van der Waals surface area contributed by atoms with Crippen molar-refractivity contribution in [2.45, 2.75) is 31.8 Å². The van der Waals surface area contributed by atoms with E-state index in [1.165, 1.54) is 6.33 Å². The van der Waals surface area contributed by atoms with Gasteiger partial charge in [0.1, 0.15) is 6.04 Å². The number of halogens is 2. The maximum absolute atomic E-state index is 13.3. The summed E-state index contributed by atoms with van der Waals surface area (Å²) in [4.78, 5) is 16.0. The topological polar surface area (TPSA) is 46.9 Å². The predicted octanol–water partition coefficient (Wildman–Crippen LogP) is 2.15. The first-order chi connectivity index (χ1) is 9.06. The Balaban J connectivity index is 1.95. The third-order valence-electron chi connectivity index (χ3n) is 3.34. The number of hydrogen-bond donors (Lipinski definition) is 1. The average Bonchev–Trinajstić information content (AvgIpc) is 3.09. The molecule has 0 spiro atoms. The number of rotatable bonds is 3. The number of aromatic nitrogens is 2. The minimum absolute atomic E-state index is 0.133. The van der Waals surface area contributed by atoms with E-state index in [4.69, 9.17) is 0 Å². The first kappa shape index (κ1) is 12.1. The third kappa shape index (κ3) is 2.18. The minimum Gasteiger partial charge on any atom is -0.352 e. The summed E-state index contributed by atoms with van der Waals surface area (Å²) in [5.41, 5.74) is 0.752. The summed E-state index contributed by atoms with van der Waals surface area (Å²) in [5.74, 6) is -2.01. The van der Waals surface area contributed by atoms with Gasteiger partial charge in [-0.3, -0.25) is 4.79 Å². The van der Waals surface area contributed by atoms with E-state index < -0.39 is 17.7 Å². The Labute approximate surface area is 108 Å². The summed E-state index contributed by atoms with van der Waals surface area (Å²) in [7, 11) is 0. The Hall–Kier alpha value is -1.98. The summed E-state index contributed by atoms with van der Waals surface area (Å²) >= 11 is 0. The molecule has 1 unspecified atom stereocenters. The average molecular weight is 265 g/mol. The lowest BCUT2D eigenvalue weighted by Crippen LogP contribution is -2.32. The Bertz CT molecular complexity index is 649. The fourth-order valence-electron chi connectivity index (χ4n) is 2.01. The van der Waals surface area contributed by atoms with Crippen LogP contribution in [0.5, 0.6) is 0 Å². The quantitative estimate of drug-likeness (QED) is 0.924. The van der Waals surface area contributed by atoms with Crippen LogP contribution in [-0.2, 0) is 4.79 Å². The van der Waals surface area contributed by atoms with E-state index in [1.54, 1.807) is 11.5 Å². The number of nitrogens with zero attached hydrogens (tertiary/aromatic N) is 2. The van der Waals surface area contributed by atoms with Crippen LogP contribution in [0.15, 0.2) is 18.5 Å². The molecule has 0 aliphatic heterocycles.